The fraction of sp³-hybridized carbons (Fsp3) is 0.107. The summed E-state index contributed by atoms with van der Waals surface area (Å²) in [4.78, 5) is 30.3. The first-order chi connectivity index (χ1) is 17.9. The van der Waals surface area contributed by atoms with E-state index in [9.17, 15) is 14.0 Å². The molecule has 1 N–H and O–H groups in total. The average molecular weight is 512 g/mol. The quantitative estimate of drug-likeness (QED) is 0.358. The van der Waals surface area contributed by atoms with Crippen LogP contribution in [0.25, 0.3) is 49.6 Å². The number of nitrogens with zero attached hydrogens (tertiary/aromatic N) is 4. The molecule has 3 aromatic carbocycles. The number of carbonyl (C=O) groups excluding carboxylic acids is 1. The predicted molar refractivity (Wildman–Crippen MR) is 145 cm³/mol. The van der Waals surface area contributed by atoms with E-state index in [0.29, 0.717) is 5.56 Å². The molecular weight excluding hydrogens is 489 g/mol. The maximum Gasteiger partial charge on any atom is 0.328 e. The second kappa shape index (κ2) is 8.56. The van der Waals surface area contributed by atoms with E-state index in [1.54, 1.807) is 40.6 Å². The van der Waals surface area contributed by atoms with Gasteiger partial charge in [0.1, 0.15) is 5.82 Å². The molecule has 1 amide bonds. The molecule has 0 aliphatic rings. The van der Waals surface area contributed by atoms with Crippen LogP contribution in [0.4, 0.5) is 4.39 Å². The highest BCUT2D eigenvalue weighted by Gasteiger charge is 2.18. The Kier molecular flexibility index (Phi) is 5.31. The Morgan fingerprint density at radius 3 is 2.38 bits per heavy atom. The van der Waals surface area contributed by atoms with Crippen molar-refractivity contribution in [3.63, 3.8) is 0 Å². The highest BCUT2D eigenvalue weighted by molar-refractivity contribution is 7.13. The van der Waals surface area contributed by atoms with Gasteiger partial charge >= 0.3 is 5.69 Å². The number of halogens is 1. The van der Waals surface area contributed by atoms with Crippen LogP contribution in [-0.4, -0.2) is 31.6 Å². The van der Waals surface area contributed by atoms with Gasteiger partial charge in [-0.3, -0.25) is 18.5 Å². The lowest BCUT2D eigenvalue weighted by molar-refractivity contribution is 0.0959. The van der Waals surface area contributed by atoms with Gasteiger partial charge in [0, 0.05) is 26.8 Å². The number of benzene rings is 3. The third-order valence-electron chi connectivity index (χ3n) is 6.68. The molecule has 184 valence electrons. The van der Waals surface area contributed by atoms with Gasteiger partial charge in [0.25, 0.3) is 5.91 Å². The van der Waals surface area contributed by atoms with Crippen LogP contribution in [0.15, 0.2) is 76.9 Å². The fourth-order valence-corrected chi connectivity index (χ4v) is 5.44. The van der Waals surface area contributed by atoms with Crippen LogP contribution in [0.3, 0.4) is 0 Å². The molecule has 0 radical (unpaired) electrons. The zero-order chi connectivity index (χ0) is 25.8. The van der Waals surface area contributed by atoms with E-state index >= 15 is 0 Å². The first-order valence-corrected chi connectivity index (χ1v) is 12.5. The average Bonchev–Trinajstić information content (AvgIpc) is 3.62. The number of imidazole rings is 2. The molecule has 0 unspecified atom stereocenters. The molecule has 0 aliphatic carbocycles. The summed E-state index contributed by atoms with van der Waals surface area (Å²) in [6, 6.07) is 20.3. The predicted octanol–water partition coefficient (Wildman–Crippen LogP) is 5.11. The van der Waals surface area contributed by atoms with Gasteiger partial charge in [-0.15, -0.1) is 11.3 Å². The van der Waals surface area contributed by atoms with Gasteiger partial charge in [0.2, 0.25) is 0 Å². The van der Waals surface area contributed by atoms with E-state index in [-0.39, 0.29) is 11.3 Å². The molecule has 3 heterocycles. The Balaban J connectivity index is 1.54. The smallest absolute Gasteiger partial charge is 0.328 e. The summed E-state index contributed by atoms with van der Waals surface area (Å²) in [5.74, 6) is -0.265. The zero-order valence-corrected chi connectivity index (χ0v) is 21.1. The van der Waals surface area contributed by atoms with Crippen molar-refractivity contribution in [2.24, 2.45) is 14.1 Å². The van der Waals surface area contributed by atoms with Gasteiger partial charge in [0.15, 0.2) is 5.82 Å². The summed E-state index contributed by atoms with van der Waals surface area (Å²) >= 11 is 1.59. The Labute approximate surface area is 215 Å². The molecule has 0 saturated carbocycles. The molecule has 0 saturated heterocycles. The Morgan fingerprint density at radius 2 is 1.65 bits per heavy atom. The van der Waals surface area contributed by atoms with Crippen LogP contribution >= 0.6 is 11.3 Å². The molecule has 3 aromatic heterocycles. The molecular formula is C28H22FN5O2S. The van der Waals surface area contributed by atoms with Gasteiger partial charge in [-0.2, -0.15) is 0 Å². The minimum absolute atomic E-state index is 0.00212. The van der Waals surface area contributed by atoms with Crippen molar-refractivity contribution in [3.05, 3.63) is 94.0 Å². The van der Waals surface area contributed by atoms with E-state index in [4.69, 9.17) is 4.98 Å². The number of aryl methyl sites for hydroxylation is 2. The molecule has 6 rings (SSSR count). The number of amides is 1. The van der Waals surface area contributed by atoms with Gasteiger partial charge in [-0.05, 0) is 65.0 Å². The molecule has 9 heteroatoms. The first-order valence-electron chi connectivity index (χ1n) is 11.6. The minimum Gasteiger partial charge on any atom is -0.355 e. The molecule has 0 atom stereocenters. The van der Waals surface area contributed by atoms with Gasteiger partial charge in [0.05, 0.1) is 32.5 Å². The molecule has 0 aliphatic heterocycles. The lowest BCUT2D eigenvalue weighted by atomic mass is 10.0. The summed E-state index contributed by atoms with van der Waals surface area (Å²) in [6.45, 7) is 0. The van der Waals surface area contributed by atoms with Crippen LogP contribution in [0, 0.1) is 5.82 Å². The van der Waals surface area contributed by atoms with Crippen LogP contribution in [0.2, 0.25) is 0 Å². The van der Waals surface area contributed by atoms with Crippen molar-refractivity contribution in [1.82, 2.24) is 24.0 Å². The van der Waals surface area contributed by atoms with E-state index in [2.05, 4.69) is 9.88 Å². The monoisotopic (exact) mass is 511 g/mol. The standard InChI is InChI=1S/C28H22FN5O2S/c1-30-27(35)19-9-6-16(13-20(19)29)17-7-10-22-21(14-17)31-26(25-5-4-12-37-25)34(22)18-8-11-23-24(15-18)33(3)28(36)32(23)2/h4-15H,1-3H3,(H,30,35). The van der Waals surface area contributed by atoms with Crippen LogP contribution in [-0.2, 0) is 14.1 Å². The van der Waals surface area contributed by atoms with Gasteiger partial charge in [-0.1, -0.05) is 18.2 Å². The maximum atomic E-state index is 14.6. The Hall–Kier alpha value is -4.50. The van der Waals surface area contributed by atoms with E-state index in [0.717, 1.165) is 44.0 Å². The fourth-order valence-electron chi connectivity index (χ4n) is 4.74. The van der Waals surface area contributed by atoms with E-state index in [1.165, 1.54) is 19.2 Å². The van der Waals surface area contributed by atoms with Crippen molar-refractivity contribution in [2.75, 3.05) is 7.05 Å². The third kappa shape index (κ3) is 3.58. The van der Waals surface area contributed by atoms with Crippen molar-refractivity contribution < 1.29 is 9.18 Å². The van der Waals surface area contributed by atoms with Gasteiger partial charge in [-0.25, -0.2) is 14.2 Å². The van der Waals surface area contributed by atoms with Crippen LogP contribution in [0.1, 0.15) is 10.4 Å². The minimum atomic E-state index is -0.580. The van der Waals surface area contributed by atoms with Crippen LogP contribution in [0.5, 0.6) is 0 Å². The molecule has 6 aromatic rings. The van der Waals surface area contributed by atoms with Crippen molar-refractivity contribution in [3.8, 4) is 27.5 Å². The van der Waals surface area contributed by atoms with Crippen LogP contribution < -0.4 is 11.0 Å². The highest BCUT2D eigenvalue weighted by atomic mass is 32.1. The number of hydrogen-bond donors (Lipinski definition) is 1. The van der Waals surface area contributed by atoms with Crippen molar-refractivity contribution in [1.29, 1.82) is 0 Å². The SMILES string of the molecule is CNC(=O)c1ccc(-c2ccc3c(c2)nc(-c2cccs2)n3-c2ccc3c(c2)n(C)c(=O)n3C)cc1F. The normalized spacial score (nSPS) is 11.5. The summed E-state index contributed by atoms with van der Waals surface area (Å²) in [6.07, 6.45) is 0. The molecule has 0 fully saturated rings. The highest BCUT2D eigenvalue weighted by Crippen LogP contribution is 2.34. The first kappa shape index (κ1) is 22.9. The van der Waals surface area contributed by atoms with E-state index < -0.39 is 11.7 Å². The van der Waals surface area contributed by atoms with Gasteiger partial charge < -0.3 is 5.32 Å². The summed E-state index contributed by atoms with van der Waals surface area (Å²) in [7, 11) is 5.00. The number of carbonyl (C=O) groups is 1. The second-order valence-electron chi connectivity index (χ2n) is 8.80. The van der Waals surface area contributed by atoms with E-state index in [1.807, 2.05) is 53.9 Å². The van der Waals surface area contributed by atoms with Crippen molar-refractivity contribution in [2.45, 2.75) is 0 Å². The molecule has 0 spiro atoms. The lowest BCUT2D eigenvalue weighted by Crippen LogP contribution is -2.19. The third-order valence-corrected chi connectivity index (χ3v) is 7.55. The maximum absolute atomic E-state index is 14.6. The number of rotatable bonds is 4. The number of aromatic nitrogens is 4. The largest absolute Gasteiger partial charge is 0.355 e. The lowest BCUT2D eigenvalue weighted by Gasteiger charge is -2.10. The number of fused-ring (bicyclic) bond motifs is 2. The Bertz CT molecular complexity index is 1900. The summed E-state index contributed by atoms with van der Waals surface area (Å²) in [5, 5.41) is 4.46. The zero-order valence-electron chi connectivity index (χ0n) is 20.3. The summed E-state index contributed by atoms with van der Waals surface area (Å²) < 4.78 is 20.0. The molecule has 7 nitrogen and oxygen atoms in total. The molecule has 37 heavy (non-hydrogen) atoms. The number of hydrogen-bond acceptors (Lipinski definition) is 4. The summed E-state index contributed by atoms with van der Waals surface area (Å²) in [5.41, 5.74) is 5.55. The second-order valence-corrected chi connectivity index (χ2v) is 9.75. The van der Waals surface area contributed by atoms with Crippen molar-refractivity contribution >= 4 is 39.3 Å². The number of thiophene rings is 1. The Morgan fingerprint density at radius 1 is 0.919 bits per heavy atom. The number of nitrogens with one attached hydrogen (secondary N) is 1. The topological polar surface area (TPSA) is 73.8 Å². The molecule has 0 bridgehead atoms.